The Morgan fingerprint density at radius 3 is 2.54 bits per heavy atom. The monoisotopic (exact) mass is 520 g/mol. The standard InChI is InChI=1S/C27H33ClN8O/c1-17-24(18(2)37-33-17)21-5-6-23-25(22(21)16-20-15-19(28)7-8-30-20)26(29)32-27(31-23)36-13-11-35(12-14-36)10-9-34(3)4/h5-8,15H,9-14,16H2,1-4H3,(H2,29,31,32). The first-order valence-electron chi connectivity index (χ1n) is 12.5. The van der Waals surface area contributed by atoms with E-state index in [9.17, 15) is 0 Å². The zero-order chi connectivity index (χ0) is 26.1. The lowest BCUT2D eigenvalue weighted by Crippen LogP contribution is -2.48. The maximum Gasteiger partial charge on any atom is 0.227 e. The van der Waals surface area contributed by atoms with Crippen LogP contribution in [0.4, 0.5) is 11.8 Å². The Bertz CT molecular complexity index is 1390. The molecule has 4 heterocycles. The summed E-state index contributed by atoms with van der Waals surface area (Å²) in [5.74, 6) is 1.88. The minimum atomic E-state index is 0.459. The van der Waals surface area contributed by atoms with Crippen molar-refractivity contribution in [1.29, 1.82) is 0 Å². The van der Waals surface area contributed by atoms with Crippen molar-refractivity contribution in [2.24, 2.45) is 0 Å². The number of halogens is 1. The fourth-order valence-electron chi connectivity index (χ4n) is 4.98. The molecule has 4 aromatic rings. The number of anilines is 2. The van der Waals surface area contributed by atoms with Crippen molar-refractivity contribution < 1.29 is 4.52 Å². The van der Waals surface area contributed by atoms with Gasteiger partial charge in [0.2, 0.25) is 5.95 Å². The highest BCUT2D eigenvalue weighted by Crippen LogP contribution is 2.37. The summed E-state index contributed by atoms with van der Waals surface area (Å²) in [7, 11) is 4.21. The SMILES string of the molecule is Cc1noc(C)c1-c1ccc2nc(N3CCN(CCN(C)C)CC3)nc(N)c2c1Cc1cc(Cl)ccn1. The van der Waals surface area contributed by atoms with E-state index in [2.05, 4.69) is 45.0 Å². The minimum absolute atomic E-state index is 0.459. The molecule has 9 nitrogen and oxygen atoms in total. The normalized spacial score (nSPS) is 14.7. The van der Waals surface area contributed by atoms with Crippen molar-refractivity contribution in [2.75, 3.05) is 64.0 Å². The number of aryl methyl sites for hydroxylation is 2. The molecule has 0 bridgehead atoms. The Morgan fingerprint density at radius 1 is 1.08 bits per heavy atom. The van der Waals surface area contributed by atoms with Crippen molar-refractivity contribution in [3.63, 3.8) is 0 Å². The van der Waals surface area contributed by atoms with Crippen LogP contribution in [0.2, 0.25) is 5.02 Å². The predicted molar refractivity (Wildman–Crippen MR) is 148 cm³/mol. The van der Waals surface area contributed by atoms with E-state index in [1.807, 2.05) is 26.0 Å². The summed E-state index contributed by atoms with van der Waals surface area (Å²) in [6, 6.07) is 7.73. The summed E-state index contributed by atoms with van der Waals surface area (Å²) in [5, 5.41) is 5.64. The van der Waals surface area contributed by atoms with Gasteiger partial charge in [-0.1, -0.05) is 22.8 Å². The Morgan fingerprint density at radius 2 is 1.86 bits per heavy atom. The molecular weight excluding hydrogens is 488 g/mol. The molecule has 2 N–H and O–H groups in total. The molecule has 0 atom stereocenters. The van der Waals surface area contributed by atoms with E-state index in [-0.39, 0.29) is 0 Å². The van der Waals surface area contributed by atoms with Gasteiger partial charge in [-0.3, -0.25) is 9.88 Å². The number of nitrogen functional groups attached to an aromatic ring is 1. The van der Waals surface area contributed by atoms with Crippen molar-refractivity contribution in [3.8, 4) is 11.1 Å². The molecule has 0 aliphatic carbocycles. The molecule has 1 aliphatic rings. The molecule has 0 amide bonds. The number of benzene rings is 1. The second kappa shape index (κ2) is 10.6. The number of aromatic nitrogens is 4. The minimum Gasteiger partial charge on any atom is -0.383 e. The van der Waals surface area contributed by atoms with Gasteiger partial charge in [-0.2, -0.15) is 4.98 Å². The topological polar surface area (TPSA) is 100 Å². The van der Waals surface area contributed by atoms with Crippen LogP contribution in [0.15, 0.2) is 35.0 Å². The molecule has 3 aromatic heterocycles. The molecule has 1 fully saturated rings. The van der Waals surface area contributed by atoms with Crippen LogP contribution in [0, 0.1) is 13.8 Å². The van der Waals surface area contributed by atoms with Crippen LogP contribution in [0.3, 0.4) is 0 Å². The third kappa shape index (κ3) is 5.39. The average molecular weight is 521 g/mol. The van der Waals surface area contributed by atoms with Gasteiger partial charge in [0.05, 0.1) is 11.2 Å². The van der Waals surface area contributed by atoms with E-state index < -0.39 is 0 Å². The smallest absolute Gasteiger partial charge is 0.227 e. The highest BCUT2D eigenvalue weighted by molar-refractivity contribution is 6.30. The number of rotatable bonds is 7. The van der Waals surface area contributed by atoms with Gasteiger partial charge in [-0.15, -0.1) is 0 Å². The van der Waals surface area contributed by atoms with E-state index in [1.165, 1.54) is 0 Å². The summed E-state index contributed by atoms with van der Waals surface area (Å²) in [5.41, 5.74) is 12.1. The Hall–Kier alpha value is -3.27. The molecule has 0 spiro atoms. The van der Waals surface area contributed by atoms with E-state index in [4.69, 9.17) is 31.8 Å². The van der Waals surface area contributed by atoms with Gasteiger partial charge in [0.1, 0.15) is 11.6 Å². The van der Waals surface area contributed by atoms with Crippen LogP contribution >= 0.6 is 11.6 Å². The molecular formula is C27H33ClN8O. The first kappa shape index (κ1) is 25.4. The van der Waals surface area contributed by atoms with Gasteiger partial charge in [0.25, 0.3) is 0 Å². The summed E-state index contributed by atoms with van der Waals surface area (Å²) in [6.45, 7) is 9.67. The summed E-state index contributed by atoms with van der Waals surface area (Å²) in [4.78, 5) is 21.2. The second-order valence-corrected chi connectivity index (χ2v) is 10.3. The van der Waals surface area contributed by atoms with Crippen LogP contribution in [0.25, 0.3) is 22.0 Å². The molecule has 10 heteroatoms. The van der Waals surface area contributed by atoms with E-state index in [0.717, 1.165) is 84.0 Å². The fraction of sp³-hybridized carbons (Fsp3) is 0.407. The molecule has 194 valence electrons. The van der Waals surface area contributed by atoms with Crippen LogP contribution in [-0.4, -0.2) is 83.3 Å². The number of hydrogen-bond donors (Lipinski definition) is 1. The molecule has 0 radical (unpaired) electrons. The van der Waals surface area contributed by atoms with Gasteiger partial charge >= 0.3 is 0 Å². The Labute approximate surface area is 222 Å². The average Bonchev–Trinajstić information content (AvgIpc) is 3.20. The number of hydrogen-bond acceptors (Lipinski definition) is 9. The lowest BCUT2D eigenvalue weighted by atomic mass is 9.92. The summed E-state index contributed by atoms with van der Waals surface area (Å²) in [6.07, 6.45) is 2.24. The summed E-state index contributed by atoms with van der Waals surface area (Å²) < 4.78 is 5.49. The number of fused-ring (bicyclic) bond motifs is 1. The number of nitrogens with two attached hydrogens (primary N) is 1. The lowest BCUT2D eigenvalue weighted by Gasteiger charge is -2.35. The van der Waals surface area contributed by atoms with Gasteiger partial charge in [-0.25, -0.2) is 4.98 Å². The first-order chi connectivity index (χ1) is 17.8. The lowest BCUT2D eigenvalue weighted by molar-refractivity contribution is 0.229. The van der Waals surface area contributed by atoms with Gasteiger partial charge < -0.3 is 20.1 Å². The third-order valence-electron chi connectivity index (χ3n) is 6.95. The molecule has 0 saturated carbocycles. The van der Waals surface area contributed by atoms with E-state index >= 15 is 0 Å². The van der Waals surface area contributed by atoms with E-state index in [1.54, 1.807) is 12.3 Å². The maximum absolute atomic E-state index is 6.68. The Kier molecular flexibility index (Phi) is 7.28. The molecule has 5 rings (SSSR count). The zero-order valence-corrected chi connectivity index (χ0v) is 22.6. The molecule has 37 heavy (non-hydrogen) atoms. The Balaban J connectivity index is 1.53. The number of pyridine rings is 1. The highest BCUT2D eigenvalue weighted by Gasteiger charge is 2.23. The van der Waals surface area contributed by atoms with Crippen molar-refractivity contribution in [1.82, 2.24) is 29.9 Å². The number of piperazine rings is 1. The maximum atomic E-state index is 6.68. The predicted octanol–water partition coefficient (Wildman–Crippen LogP) is 3.81. The fourth-order valence-corrected chi connectivity index (χ4v) is 5.16. The van der Waals surface area contributed by atoms with Gasteiger partial charge in [-0.05, 0) is 57.3 Å². The first-order valence-corrected chi connectivity index (χ1v) is 12.9. The second-order valence-electron chi connectivity index (χ2n) is 9.87. The third-order valence-corrected chi connectivity index (χ3v) is 7.18. The molecule has 1 aromatic carbocycles. The van der Waals surface area contributed by atoms with Crippen molar-refractivity contribution >= 4 is 34.3 Å². The van der Waals surface area contributed by atoms with Crippen molar-refractivity contribution in [3.05, 3.63) is 58.2 Å². The van der Waals surface area contributed by atoms with Crippen molar-refractivity contribution in [2.45, 2.75) is 20.3 Å². The highest BCUT2D eigenvalue weighted by atomic mass is 35.5. The van der Waals surface area contributed by atoms with Crippen LogP contribution in [-0.2, 0) is 6.42 Å². The van der Waals surface area contributed by atoms with Crippen LogP contribution < -0.4 is 10.6 Å². The van der Waals surface area contributed by atoms with E-state index in [0.29, 0.717) is 23.2 Å². The zero-order valence-electron chi connectivity index (χ0n) is 21.8. The van der Waals surface area contributed by atoms with Gasteiger partial charge in [0.15, 0.2) is 0 Å². The largest absolute Gasteiger partial charge is 0.383 e. The number of likely N-dealkylation sites (N-methyl/N-ethyl adjacent to an activating group) is 1. The molecule has 1 aliphatic heterocycles. The van der Waals surface area contributed by atoms with Crippen LogP contribution in [0.1, 0.15) is 22.7 Å². The molecule has 1 saturated heterocycles. The molecule has 0 unspecified atom stereocenters. The summed E-state index contributed by atoms with van der Waals surface area (Å²) >= 11 is 6.28. The number of nitrogens with zero attached hydrogens (tertiary/aromatic N) is 7. The quantitative estimate of drug-likeness (QED) is 0.390. The van der Waals surface area contributed by atoms with Crippen LogP contribution in [0.5, 0.6) is 0 Å². The van der Waals surface area contributed by atoms with Gasteiger partial charge in [0, 0.05) is 73.6 Å².